The maximum Gasteiger partial charge on any atom is 0.307 e. The molecular weight excluding hydrogens is 238 g/mol. The molecule has 0 aliphatic carbocycles. The van der Waals surface area contributed by atoms with Gasteiger partial charge in [0.1, 0.15) is 0 Å². The summed E-state index contributed by atoms with van der Waals surface area (Å²) in [6.45, 7) is 4.11. The highest BCUT2D eigenvalue weighted by Crippen LogP contribution is 2.05. The first kappa shape index (κ1) is 17.5. The number of esters is 1. The molecule has 1 atom stereocenters. The van der Waals surface area contributed by atoms with Crippen molar-refractivity contribution >= 4 is 5.97 Å². The number of carbonyl (C=O) groups is 1. The number of hydrogen-bond donors (Lipinski definition) is 0. The summed E-state index contributed by atoms with van der Waals surface area (Å²) in [4.78, 5) is 11.4. The molecule has 3 heteroatoms. The van der Waals surface area contributed by atoms with Crippen molar-refractivity contribution < 1.29 is 9.53 Å². The molecule has 0 unspecified atom stereocenters. The number of hydrogen-bond acceptors (Lipinski definition) is 3. The molecule has 0 aromatic carbocycles. The molecule has 0 aromatic heterocycles. The number of nitriles is 1. The van der Waals surface area contributed by atoms with Gasteiger partial charge in [0.15, 0.2) is 6.10 Å². The van der Waals surface area contributed by atoms with Gasteiger partial charge in [-0.2, -0.15) is 5.26 Å². The van der Waals surface area contributed by atoms with E-state index < -0.39 is 6.10 Å². The lowest BCUT2D eigenvalue weighted by molar-refractivity contribution is -0.146. The van der Waals surface area contributed by atoms with Crippen molar-refractivity contribution in [1.29, 1.82) is 5.26 Å². The zero-order valence-corrected chi connectivity index (χ0v) is 12.2. The van der Waals surface area contributed by atoms with Gasteiger partial charge in [0.2, 0.25) is 0 Å². The predicted molar refractivity (Wildman–Crippen MR) is 76.2 cm³/mol. The van der Waals surface area contributed by atoms with E-state index in [0.29, 0.717) is 19.3 Å². The molecule has 0 saturated heterocycles. The Kier molecular flexibility index (Phi) is 12.0. The molecule has 0 rings (SSSR count). The van der Waals surface area contributed by atoms with Gasteiger partial charge in [-0.1, -0.05) is 45.0 Å². The molecule has 0 aliphatic heterocycles. The van der Waals surface area contributed by atoms with Crippen LogP contribution in [-0.4, -0.2) is 12.1 Å². The minimum atomic E-state index is -0.412. The highest BCUT2D eigenvalue weighted by molar-refractivity contribution is 5.69. The first-order valence-electron chi connectivity index (χ1n) is 7.29. The van der Waals surface area contributed by atoms with E-state index in [0.717, 1.165) is 19.3 Å². The maximum atomic E-state index is 11.4. The number of rotatable bonds is 9. The summed E-state index contributed by atoms with van der Waals surface area (Å²) < 4.78 is 5.26. The van der Waals surface area contributed by atoms with Crippen LogP contribution in [0.15, 0.2) is 0 Å². The Bertz CT molecular complexity index is 333. The van der Waals surface area contributed by atoms with Gasteiger partial charge in [-0.15, -0.1) is 0 Å². The fourth-order valence-corrected chi connectivity index (χ4v) is 1.60. The molecule has 0 heterocycles. The molecule has 0 radical (unpaired) electrons. The van der Waals surface area contributed by atoms with Gasteiger partial charge < -0.3 is 4.74 Å². The molecular formula is C16H25NO2. The van der Waals surface area contributed by atoms with Crippen molar-refractivity contribution in [1.82, 2.24) is 0 Å². The Labute approximate surface area is 117 Å². The smallest absolute Gasteiger partial charge is 0.307 e. The minimum Gasteiger partial charge on any atom is -0.449 e. The van der Waals surface area contributed by atoms with Crippen molar-refractivity contribution in [3.05, 3.63) is 0 Å². The van der Waals surface area contributed by atoms with Crippen LogP contribution in [0.1, 0.15) is 71.6 Å². The number of nitrogens with zero attached hydrogens (tertiary/aromatic N) is 1. The second-order valence-electron chi connectivity index (χ2n) is 4.56. The lowest BCUT2D eigenvalue weighted by atomic mass is 10.1. The van der Waals surface area contributed by atoms with Crippen LogP contribution in [0.3, 0.4) is 0 Å². The SMILES string of the molecule is CCCCCCC#C[C@H](CCC#N)OC(=O)CCC. The Morgan fingerprint density at radius 2 is 1.95 bits per heavy atom. The highest BCUT2D eigenvalue weighted by Gasteiger charge is 2.10. The van der Waals surface area contributed by atoms with Gasteiger partial charge in [0.25, 0.3) is 0 Å². The highest BCUT2D eigenvalue weighted by atomic mass is 16.5. The Morgan fingerprint density at radius 3 is 2.58 bits per heavy atom. The average molecular weight is 263 g/mol. The fraction of sp³-hybridized carbons (Fsp3) is 0.750. The van der Waals surface area contributed by atoms with E-state index in [1.807, 2.05) is 6.92 Å². The van der Waals surface area contributed by atoms with E-state index >= 15 is 0 Å². The van der Waals surface area contributed by atoms with E-state index in [-0.39, 0.29) is 5.97 Å². The summed E-state index contributed by atoms with van der Waals surface area (Å²) in [6, 6.07) is 2.06. The normalized spacial score (nSPS) is 11.0. The molecule has 0 aliphatic rings. The monoisotopic (exact) mass is 263 g/mol. The van der Waals surface area contributed by atoms with Crippen LogP contribution in [0.2, 0.25) is 0 Å². The quantitative estimate of drug-likeness (QED) is 0.359. The first-order chi connectivity index (χ1) is 9.24. The number of carbonyl (C=O) groups excluding carboxylic acids is 1. The maximum absolute atomic E-state index is 11.4. The van der Waals surface area contributed by atoms with Gasteiger partial charge in [0.05, 0.1) is 6.07 Å². The van der Waals surface area contributed by atoms with Crippen molar-refractivity contribution in [3.63, 3.8) is 0 Å². The van der Waals surface area contributed by atoms with Crippen LogP contribution in [0.4, 0.5) is 0 Å². The van der Waals surface area contributed by atoms with E-state index in [2.05, 4.69) is 24.8 Å². The van der Waals surface area contributed by atoms with E-state index in [1.165, 1.54) is 19.3 Å². The van der Waals surface area contributed by atoms with Crippen molar-refractivity contribution in [3.8, 4) is 17.9 Å². The topological polar surface area (TPSA) is 50.1 Å². The molecule has 3 nitrogen and oxygen atoms in total. The molecule has 0 spiro atoms. The summed E-state index contributed by atoms with van der Waals surface area (Å²) in [6.07, 6.45) is 7.24. The molecule has 0 N–H and O–H groups in total. The van der Waals surface area contributed by atoms with Gasteiger partial charge >= 0.3 is 5.97 Å². The summed E-state index contributed by atoms with van der Waals surface area (Å²) in [5.74, 6) is 5.82. The van der Waals surface area contributed by atoms with Gasteiger partial charge in [-0.25, -0.2) is 0 Å². The molecule has 0 amide bonds. The molecule has 0 fully saturated rings. The van der Waals surface area contributed by atoms with Crippen molar-refractivity contribution in [2.75, 3.05) is 0 Å². The van der Waals surface area contributed by atoms with E-state index in [4.69, 9.17) is 10.00 Å². The number of ether oxygens (including phenoxy) is 1. The van der Waals surface area contributed by atoms with Crippen LogP contribution in [0.5, 0.6) is 0 Å². The third-order valence-corrected chi connectivity index (χ3v) is 2.66. The Hall–Kier alpha value is -1.48. The zero-order chi connectivity index (χ0) is 14.3. The minimum absolute atomic E-state index is 0.217. The molecule has 19 heavy (non-hydrogen) atoms. The van der Waals surface area contributed by atoms with Gasteiger partial charge in [-0.05, 0) is 12.8 Å². The lowest BCUT2D eigenvalue weighted by Gasteiger charge is -2.10. The van der Waals surface area contributed by atoms with Crippen LogP contribution in [0.25, 0.3) is 0 Å². The zero-order valence-electron chi connectivity index (χ0n) is 12.2. The predicted octanol–water partition coefficient (Wildman–Crippen LogP) is 3.98. The van der Waals surface area contributed by atoms with Crippen molar-refractivity contribution in [2.45, 2.75) is 77.7 Å². The average Bonchev–Trinajstić information content (AvgIpc) is 2.39. The first-order valence-corrected chi connectivity index (χ1v) is 7.29. The third-order valence-electron chi connectivity index (χ3n) is 2.66. The molecule has 0 bridgehead atoms. The summed E-state index contributed by atoms with van der Waals surface area (Å²) in [7, 11) is 0. The largest absolute Gasteiger partial charge is 0.449 e. The van der Waals surface area contributed by atoms with Crippen LogP contribution >= 0.6 is 0 Å². The Morgan fingerprint density at radius 1 is 1.16 bits per heavy atom. The van der Waals surface area contributed by atoms with Crippen LogP contribution in [-0.2, 0) is 9.53 Å². The standard InChI is InChI=1S/C16H25NO2/c1-3-5-6-7-8-9-12-15(13-10-14-17)19-16(18)11-4-2/h15H,3-8,10-11,13H2,1-2H3/t15-/m1/s1. The van der Waals surface area contributed by atoms with Gasteiger partial charge in [-0.3, -0.25) is 4.79 Å². The molecule has 0 aromatic rings. The summed E-state index contributed by atoms with van der Waals surface area (Å²) in [5, 5.41) is 8.58. The second-order valence-corrected chi connectivity index (χ2v) is 4.56. The Balaban J connectivity index is 4.08. The summed E-state index contributed by atoms with van der Waals surface area (Å²) >= 11 is 0. The van der Waals surface area contributed by atoms with E-state index in [1.54, 1.807) is 0 Å². The van der Waals surface area contributed by atoms with E-state index in [9.17, 15) is 4.79 Å². The second kappa shape index (κ2) is 13.0. The molecule has 106 valence electrons. The third kappa shape index (κ3) is 11.3. The summed E-state index contributed by atoms with van der Waals surface area (Å²) in [5.41, 5.74) is 0. The molecule has 0 saturated carbocycles. The van der Waals surface area contributed by atoms with Crippen molar-refractivity contribution in [2.24, 2.45) is 0 Å². The van der Waals surface area contributed by atoms with Gasteiger partial charge in [0, 0.05) is 25.7 Å². The van der Waals surface area contributed by atoms with Crippen LogP contribution < -0.4 is 0 Å². The fourth-order valence-electron chi connectivity index (χ4n) is 1.60. The lowest BCUT2D eigenvalue weighted by Crippen LogP contribution is -2.16. The van der Waals surface area contributed by atoms with Crippen LogP contribution in [0, 0.1) is 23.2 Å². The number of unbranched alkanes of at least 4 members (excludes halogenated alkanes) is 4.